The lowest BCUT2D eigenvalue weighted by Crippen LogP contribution is -2.55. The van der Waals surface area contributed by atoms with Gasteiger partial charge in [-0.2, -0.15) is 0 Å². The smallest absolute Gasteiger partial charge is 0.323 e. The maximum absolute atomic E-state index is 14.7. The van der Waals surface area contributed by atoms with Gasteiger partial charge >= 0.3 is 6.03 Å². The molecular formula is C21H22F3N5O3S. The highest BCUT2D eigenvalue weighted by Crippen LogP contribution is 2.28. The second-order valence-corrected chi connectivity index (χ2v) is 8.89. The molecule has 8 nitrogen and oxygen atoms in total. The molecule has 0 radical (unpaired) electrons. The lowest BCUT2D eigenvalue weighted by atomic mass is 10.1. The fourth-order valence-corrected chi connectivity index (χ4v) is 4.60. The molecule has 33 heavy (non-hydrogen) atoms. The molecule has 0 aliphatic carbocycles. The Kier molecular flexibility index (Phi) is 6.68. The summed E-state index contributed by atoms with van der Waals surface area (Å²) in [6.07, 6.45) is 0.573. The van der Waals surface area contributed by atoms with Crippen molar-refractivity contribution in [2.24, 2.45) is 0 Å². The number of nitrogens with zero attached hydrogens (tertiary/aromatic N) is 4. The average Bonchev–Trinajstić information content (AvgIpc) is 3.15. The number of carbonyl (C=O) groups is 1. The van der Waals surface area contributed by atoms with E-state index in [1.54, 1.807) is 9.80 Å². The predicted molar refractivity (Wildman–Crippen MR) is 118 cm³/mol. The summed E-state index contributed by atoms with van der Waals surface area (Å²) in [5.74, 6) is -2.38. The summed E-state index contributed by atoms with van der Waals surface area (Å²) in [6, 6.07) is 2.65. The van der Waals surface area contributed by atoms with Crippen LogP contribution in [-0.4, -0.2) is 69.5 Å². The molecule has 3 N–H and O–H groups in total. The van der Waals surface area contributed by atoms with Crippen LogP contribution in [0.2, 0.25) is 0 Å². The highest BCUT2D eigenvalue weighted by Gasteiger charge is 2.29. The number of halogens is 3. The molecule has 1 aliphatic rings. The largest absolute Gasteiger partial charge is 0.394 e. The standard InChI is InChI=1S/C21H22F3N5O3S/c1-11-9-28(21(32)27-20-26-17-6-14(22)15(23)7-18(17)33-20)2-3-29(11)19-16(24)5-12(8-25-19)4-13(31)10-30/h5-8,11,13,30-31H,2-4,9-10H2,1H3,(H,26,27,32)/t11-,13-/m1/s1. The van der Waals surface area contributed by atoms with Gasteiger partial charge in [0.1, 0.15) is 0 Å². The molecule has 3 aromatic rings. The van der Waals surface area contributed by atoms with Gasteiger partial charge in [-0.3, -0.25) is 5.32 Å². The second-order valence-electron chi connectivity index (χ2n) is 7.86. The van der Waals surface area contributed by atoms with E-state index in [9.17, 15) is 23.1 Å². The number of hydrogen-bond donors (Lipinski definition) is 3. The van der Waals surface area contributed by atoms with Crippen LogP contribution in [0.15, 0.2) is 24.4 Å². The molecule has 2 aromatic heterocycles. The van der Waals surface area contributed by atoms with Crippen LogP contribution in [0.1, 0.15) is 12.5 Å². The van der Waals surface area contributed by atoms with E-state index >= 15 is 0 Å². The number of urea groups is 1. The molecule has 1 saturated heterocycles. The van der Waals surface area contributed by atoms with Crippen LogP contribution in [0.4, 0.5) is 28.9 Å². The van der Waals surface area contributed by atoms with Crippen molar-refractivity contribution >= 4 is 38.5 Å². The molecule has 1 aliphatic heterocycles. The number of rotatable bonds is 5. The highest BCUT2D eigenvalue weighted by atomic mass is 32.1. The second kappa shape index (κ2) is 9.49. The minimum atomic E-state index is -1.01. The van der Waals surface area contributed by atoms with Gasteiger partial charge in [0.15, 0.2) is 28.4 Å². The summed E-state index contributed by atoms with van der Waals surface area (Å²) in [5.41, 5.74) is 0.725. The number of aliphatic hydroxyl groups is 2. The molecule has 1 aromatic carbocycles. The molecule has 0 saturated carbocycles. The Morgan fingerprint density at radius 1 is 1.24 bits per heavy atom. The zero-order valence-electron chi connectivity index (χ0n) is 17.6. The van der Waals surface area contributed by atoms with Gasteiger partial charge in [0.05, 0.1) is 22.9 Å². The molecule has 1 fully saturated rings. The van der Waals surface area contributed by atoms with Gasteiger partial charge in [0.2, 0.25) is 0 Å². The first-order valence-corrected chi connectivity index (χ1v) is 11.1. The summed E-state index contributed by atoms with van der Waals surface area (Å²) in [7, 11) is 0. The Balaban J connectivity index is 1.40. The molecule has 3 heterocycles. The van der Waals surface area contributed by atoms with E-state index in [2.05, 4.69) is 15.3 Å². The van der Waals surface area contributed by atoms with E-state index in [0.29, 0.717) is 29.9 Å². The molecule has 2 amide bonds. The van der Waals surface area contributed by atoms with Crippen molar-refractivity contribution in [2.45, 2.75) is 25.5 Å². The number of benzene rings is 1. The quantitative estimate of drug-likeness (QED) is 0.518. The third kappa shape index (κ3) is 5.02. The monoisotopic (exact) mass is 481 g/mol. The lowest BCUT2D eigenvalue weighted by Gasteiger charge is -2.40. The summed E-state index contributed by atoms with van der Waals surface area (Å²) in [6.45, 7) is 2.36. The number of fused-ring (bicyclic) bond motifs is 1. The number of piperazine rings is 1. The number of thiazole rings is 1. The molecule has 176 valence electrons. The Labute approximate surface area is 191 Å². The van der Waals surface area contributed by atoms with E-state index in [1.807, 2.05) is 6.92 Å². The Morgan fingerprint density at radius 3 is 2.70 bits per heavy atom. The fourth-order valence-electron chi connectivity index (χ4n) is 3.73. The maximum atomic E-state index is 14.7. The molecular weight excluding hydrogens is 459 g/mol. The summed E-state index contributed by atoms with van der Waals surface area (Å²) in [4.78, 5) is 24.3. The Hall–Kier alpha value is -2.96. The van der Waals surface area contributed by atoms with E-state index in [-0.39, 0.29) is 28.9 Å². The summed E-state index contributed by atoms with van der Waals surface area (Å²) in [5, 5.41) is 21.3. The SMILES string of the molecule is C[C@@H]1CN(C(=O)Nc2nc3cc(F)c(F)cc3s2)CCN1c1ncc(C[C@@H](O)CO)cc1F. The van der Waals surface area contributed by atoms with Gasteiger partial charge in [-0.25, -0.2) is 27.9 Å². The van der Waals surface area contributed by atoms with Gasteiger partial charge in [-0.15, -0.1) is 0 Å². The van der Waals surface area contributed by atoms with Crippen molar-refractivity contribution in [3.8, 4) is 0 Å². The first-order valence-electron chi connectivity index (χ1n) is 10.3. The lowest BCUT2D eigenvalue weighted by molar-refractivity contribution is 0.0954. The maximum Gasteiger partial charge on any atom is 0.323 e. The number of anilines is 2. The molecule has 0 unspecified atom stereocenters. The van der Waals surface area contributed by atoms with Crippen molar-refractivity contribution in [3.05, 3.63) is 47.4 Å². The minimum Gasteiger partial charge on any atom is -0.394 e. The van der Waals surface area contributed by atoms with Gasteiger partial charge in [0.25, 0.3) is 0 Å². The first-order chi connectivity index (χ1) is 15.7. The molecule has 0 spiro atoms. The Morgan fingerprint density at radius 2 is 2.00 bits per heavy atom. The fraction of sp³-hybridized carbons (Fsp3) is 0.381. The van der Waals surface area contributed by atoms with E-state index < -0.39 is 36.2 Å². The molecule has 12 heteroatoms. The van der Waals surface area contributed by atoms with Crippen LogP contribution < -0.4 is 10.2 Å². The van der Waals surface area contributed by atoms with Gasteiger partial charge in [-0.1, -0.05) is 11.3 Å². The van der Waals surface area contributed by atoms with Gasteiger partial charge < -0.3 is 20.0 Å². The van der Waals surface area contributed by atoms with Crippen molar-refractivity contribution in [3.63, 3.8) is 0 Å². The van der Waals surface area contributed by atoms with Crippen molar-refractivity contribution in [1.29, 1.82) is 0 Å². The normalized spacial score (nSPS) is 17.5. The number of aliphatic hydroxyl groups excluding tert-OH is 2. The van der Waals surface area contributed by atoms with Gasteiger partial charge in [-0.05, 0) is 24.6 Å². The molecule has 0 bridgehead atoms. The number of aromatic nitrogens is 2. The third-order valence-electron chi connectivity index (χ3n) is 5.39. The van der Waals surface area contributed by atoms with Crippen molar-refractivity contribution in [2.75, 3.05) is 36.5 Å². The van der Waals surface area contributed by atoms with E-state index in [4.69, 9.17) is 5.11 Å². The number of amides is 2. The van der Waals surface area contributed by atoms with Crippen LogP contribution in [0.5, 0.6) is 0 Å². The molecule has 4 rings (SSSR count). The van der Waals surface area contributed by atoms with Crippen LogP contribution in [-0.2, 0) is 6.42 Å². The topological polar surface area (TPSA) is 102 Å². The van der Waals surface area contributed by atoms with E-state index in [0.717, 1.165) is 23.5 Å². The average molecular weight is 482 g/mol. The van der Waals surface area contributed by atoms with Crippen LogP contribution in [0.25, 0.3) is 10.2 Å². The number of pyridine rings is 1. The van der Waals surface area contributed by atoms with Crippen LogP contribution in [0, 0.1) is 17.5 Å². The number of carbonyl (C=O) groups excluding carboxylic acids is 1. The highest BCUT2D eigenvalue weighted by molar-refractivity contribution is 7.22. The summed E-state index contributed by atoms with van der Waals surface area (Å²) >= 11 is 1.04. The molecule has 2 atom stereocenters. The third-order valence-corrected chi connectivity index (χ3v) is 6.33. The van der Waals surface area contributed by atoms with Crippen molar-refractivity contribution < 1.29 is 28.2 Å². The van der Waals surface area contributed by atoms with Crippen LogP contribution in [0.3, 0.4) is 0 Å². The number of hydrogen-bond acceptors (Lipinski definition) is 7. The predicted octanol–water partition coefficient (Wildman–Crippen LogP) is 2.75. The Bertz CT molecular complexity index is 1140. The minimum absolute atomic E-state index is 0.0925. The van der Waals surface area contributed by atoms with Gasteiger partial charge in [0, 0.05) is 44.4 Å². The van der Waals surface area contributed by atoms with E-state index in [1.165, 1.54) is 12.3 Å². The first kappa shape index (κ1) is 23.2. The zero-order valence-corrected chi connectivity index (χ0v) is 18.4. The zero-order chi connectivity index (χ0) is 23.7. The van der Waals surface area contributed by atoms with Crippen molar-refractivity contribution in [1.82, 2.24) is 14.9 Å². The summed E-state index contributed by atoms with van der Waals surface area (Å²) < 4.78 is 41.9. The number of nitrogens with one attached hydrogen (secondary N) is 1. The van der Waals surface area contributed by atoms with Crippen LogP contribution >= 0.6 is 11.3 Å².